The number of hydrogen-bond donors (Lipinski definition) is 0. The zero-order chi connectivity index (χ0) is 11.0. The van der Waals surface area contributed by atoms with E-state index in [1.165, 1.54) is 29.7 Å². The SMILES string of the molecule is O=C(C1CCCCS1)C1Cc2ccccc21. The van der Waals surface area contributed by atoms with E-state index in [1.54, 1.807) is 0 Å². The summed E-state index contributed by atoms with van der Waals surface area (Å²) in [5.41, 5.74) is 2.67. The van der Waals surface area contributed by atoms with Gasteiger partial charge in [-0.3, -0.25) is 4.79 Å². The molecule has 84 valence electrons. The van der Waals surface area contributed by atoms with E-state index in [4.69, 9.17) is 0 Å². The molecule has 0 spiro atoms. The van der Waals surface area contributed by atoms with Crippen molar-refractivity contribution in [1.29, 1.82) is 0 Å². The summed E-state index contributed by atoms with van der Waals surface area (Å²) in [6.07, 6.45) is 4.60. The van der Waals surface area contributed by atoms with E-state index in [0.717, 1.165) is 12.8 Å². The molecule has 0 radical (unpaired) electrons. The highest BCUT2D eigenvalue weighted by molar-refractivity contribution is 8.00. The van der Waals surface area contributed by atoms with Crippen LogP contribution in [-0.2, 0) is 11.2 Å². The molecule has 3 rings (SSSR count). The van der Waals surface area contributed by atoms with E-state index in [2.05, 4.69) is 18.2 Å². The molecule has 1 saturated heterocycles. The highest BCUT2D eigenvalue weighted by Gasteiger charge is 2.36. The van der Waals surface area contributed by atoms with Gasteiger partial charge in [-0.1, -0.05) is 30.7 Å². The van der Waals surface area contributed by atoms with E-state index in [9.17, 15) is 4.79 Å². The summed E-state index contributed by atoms with van der Waals surface area (Å²) in [5, 5.41) is 0.284. The number of hydrogen-bond acceptors (Lipinski definition) is 2. The van der Waals surface area contributed by atoms with Crippen molar-refractivity contribution in [3.05, 3.63) is 35.4 Å². The molecule has 1 aromatic carbocycles. The van der Waals surface area contributed by atoms with Gasteiger partial charge in [-0.2, -0.15) is 11.8 Å². The van der Waals surface area contributed by atoms with E-state index in [0.29, 0.717) is 5.78 Å². The molecule has 1 aliphatic carbocycles. The Morgan fingerprint density at radius 2 is 2.12 bits per heavy atom. The molecular weight excluding hydrogens is 216 g/mol. The minimum absolute atomic E-state index is 0.215. The van der Waals surface area contributed by atoms with Gasteiger partial charge in [-0.15, -0.1) is 0 Å². The highest BCUT2D eigenvalue weighted by Crippen LogP contribution is 2.39. The van der Waals surface area contributed by atoms with Crippen LogP contribution in [0.25, 0.3) is 0 Å². The summed E-state index contributed by atoms with van der Waals surface area (Å²) in [6, 6.07) is 8.38. The zero-order valence-electron chi connectivity index (χ0n) is 9.32. The molecule has 1 aliphatic heterocycles. The number of ketones is 1. The molecule has 0 amide bonds. The van der Waals surface area contributed by atoms with Gasteiger partial charge in [-0.05, 0) is 36.1 Å². The van der Waals surface area contributed by atoms with Crippen LogP contribution in [-0.4, -0.2) is 16.8 Å². The van der Waals surface area contributed by atoms with Gasteiger partial charge < -0.3 is 0 Å². The Kier molecular flexibility index (Phi) is 2.76. The number of carbonyl (C=O) groups excluding carboxylic acids is 1. The summed E-state index contributed by atoms with van der Waals surface area (Å²) < 4.78 is 0. The molecule has 2 unspecified atom stereocenters. The first-order chi connectivity index (χ1) is 7.86. The minimum Gasteiger partial charge on any atom is -0.298 e. The molecule has 2 heteroatoms. The summed E-state index contributed by atoms with van der Waals surface area (Å²) >= 11 is 1.87. The first kappa shape index (κ1) is 10.4. The van der Waals surface area contributed by atoms with Gasteiger partial charge in [0.1, 0.15) is 0 Å². The molecule has 0 N–H and O–H groups in total. The third-order valence-corrected chi connectivity index (χ3v) is 5.09. The maximum atomic E-state index is 12.3. The van der Waals surface area contributed by atoms with Gasteiger partial charge in [0.15, 0.2) is 5.78 Å². The number of Topliss-reactive ketones (excluding diaryl/α,β-unsaturated/α-hetero) is 1. The molecule has 0 aromatic heterocycles. The molecule has 1 nitrogen and oxygen atoms in total. The van der Waals surface area contributed by atoms with Crippen molar-refractivity contribution in [3.8, 4) is 0 Å². The van der Waals surface area contributed by atoms with Crippen LogP contribution in [0.3, 0.4) is 0 Å². The minimum atomic E-state index is 0.215. The fraction of sp³-hybridized carbons (Fsp3) is 0.500. The normalized spacial score (nSPS) is 28.0. The first-order valence-corrected chi connectivity index (χ1v) is 7.14. The number of carbonyl (C=O) groups is 1. The maximum Gasteiger partial charge on any atom is 0.153 e. The Balaban J connectivity index is 1.73. The fourth-order valence-electron chi connectivity index (χ4n) is 2.70. The molecule has 16 heavy (non-hydrogen) atoms. The van der Waals surface area contributed by atoms with Gasteiger partial charge in [0.05, 0.1) is 5.25 Å². The second-order valence-corrected chi connectivity index (χ2v) is 6.02. The van der Waals surface area contributed by atoms with Gasteiger partial charge in [0, 0.05) is 5.92 Å². The van der Waals surface area contributed by atoms with E-state index in [-0.39, 0.29) is 11.2 Å². The predicted octanol–water partition coefficient (Wildman–Crippen LogP) is 3.18. The number of fused-ring (bicyclic) bond motifs is 1. The largest absolute Gasteiger partial charge is 0.298 e. The van der Waals surface area contributed by atoms with Crippen molar-refractivity contribution in [1.82, 2.24) is 0 Å². The third kappa shape index (κ3) is 1.69. The standard InChI is InChI=1S/C14H16OS/c15-14(13-7-3-4-8-16-13)12-9-10-5-1-2-6-11(10)12/h1-2,5-6,12-13H,3-4,7-9H2. The average Bonchev–Trinajstić information content (AvgIpc) is 2.32. The molecule has 1 aromatic rings. The molecule has 0 saturated carbocycles. The van der Waals surface area contributed by atoms with Gasteiger partial charge in [0.25, 0.3) is 0 Å². The summed E-state index contributed by atoms with van der Waals surface area (Å²) in [5.74, 6) is 1.88. The van der Waals surface area contributed by atoms with Crippen LogP contribution in [0, 0.1) is 0 Å². The predicted molar refractivity (Wildman–Crippen MR) is 68.0 cm³/mol. The number of thioether (sulfide) groups is 1. The Morgan fingerprint density at radius 3 is 2.88 bits per heavy atom. The van der Waals surface area contributed by atoms with Gasteiger partial charge in [0.2, 0.25) is 0 Å². The van der Waals surface area contributed by atoms with Crippen molar-refractivity contribution in [2.24, 2.45) is 0 Å². The van der Waals surface area contributed by atoms with Crippen LogP contribution < -0.4 is 0 Å². The fourth-order valence-corrected chi connectivity index (χ4v) is 4.02. The van der Waals surface area contributed by atoms with Crippen LogP contribution in [0.4, 0.5) is 0 Å². The van der Waals surface area contributed by atoms with Crippen LogP contribution in [0.5, 0.6) is 0 Å². The molecule has 2 atom stereocenters. The van der Waals surface area contributed by atoms with Crippen molar-refractivity contribution in [3.63, 3.8) is 0 Å². The Bertz CT molecular complexity index is 407. The first-order valence-electron chi connectivity index (χ1n) is 6.09. The quantitative estimate of drug-likeness (QED) is 0.779. The Hall–Kier alpha value is -0.760. The smallest absolute Gasteiger partial charge is 0.153 e. The van der Waals surface area contributed by atoms with Crippen molar-refractivity contribution in [2.45, 2.75) is 36.9 Å². The van der Waals surface area contributed by atoms with E-state index in [1.807, 2.05) is 17.8 Å². The van der Waals surface area contributed by atoms with Crippen molar-refractivity contribution < 1.29 is 4.79 Å². The second kappa shape index (κ2) is 4.25. The molecule has 2 aliphatic rings. The van der Waals surface area contributed by atoms with E-state index >= 15 is 0 Å². The lowest BCUT2D eigenvalue weighted by atomic mass is 9.74. The van der Waals surface area contributed by atoms with Crippen LogP contribution in [0.2, 0.25) is 0 Å². The topological polar surface area (TPSA) is 17.1 Å². The average molecular weight is 232 g/mol. The summed E-state index contributed by atoms with van der Waals surface area (Å²) in [7, 11) is 0. The number of benzene rings is 1. The lowest BCUT2D eigenvalue weighted by molar-refractivity contribution is -0.120. The molecular formula is C14H16OS. The van der Waals surface area contributed by atoms with Gasteiger partial charge >= 0.3 is 0 Å². The summed E-state index contributed by atoms with van der Waals surface area (Å²) in [4.78, 5) is 12.3. The lowest BCUT2D eigenvalue weighted by Gasteiger charge is -2.32. The van der Waals surface area contributed by atoms with E-state index < -0.39 is 0 Å². The van der Waals surface area contributed by atoms with Crippen molar-refractivity contribution >= 4 is 17.5 Å². The highest BCUT2D eigenvalue weighted by atomic mass is 32.2. The van der Waals surface area contributed by atoms with Crippen molar-refractivity contribution in [2.75, 3.05) is 5.75 Å². The third-order valence-electron chi connectivity index (χ3n) is 3.70. The second-order valence-electron chi connectivity index (χ2n) is 4.71. The van der Waals surface area contributed by atoms with Crippen LogP contribution in [0.15, 0.2) is 24.3 Å². The lowest BCUT2D eigenvalue weighted by Crippen LogP contribution is -2.33. The monoisotopic (exact) mass is 232 g/mol. The Labute approximate surface area is 101 Å². The Morgan fingerprint density at radius 1 is 1.25 bits per heavy atom. The van der Waals surface area contributed by atoms with Crippen LogP contribution in [0.1, 0.15) is 36.3 Å². The van der Waals surface area contributed by atoms with Crippen LogP contribution >= 0.6 is 11.8 Å². The summed E-state index contributed by atoms with van der Waals surface area (Å²) in [6.45, 7) is 0. The molecule has 1 heterocycles. The maximum absolute atomic E-state index is 12.3. The molecule has 1 fully saturated rings. The molecule has 0 bridgehead atoms. The van der Waals surface area contributed by atoms with Gasteiger partial charge in [-0.25, -0.2) is 0 Å². The number of rotatable bonds is 2. The zero-order valence-corrected chi connectivity index (χ0v) is 10.1.